The summed E-state index contributed by atoms with van der Waals surface area (Å²) in [5, 5.41) is 4.27. The fourth-order valence-corrected chi connectivity index (χ4v) is 4.69. The summed E-state index contributed by atoms with van der Waals surface area (Å²) in [5.41, 5.74) is 1.68. The zero-order valence-corrected chi connectivity index (χ0v) is 23.5. The number of hydrogen-bond acceptors (Lipinski definition) is 3. The SMILES string of the molecule is CCCNC(=O)C(Cc1ccccc1)N(Cc1ccc(Cl)c(Cl)c1)C(=O)COc1ccc(Cl)cc1Br. The monoisotopic (exact) mass is 610 g/mol. The van der Waals surface area contributed by atoms with Crippen LogP contribution in [0.5, 0.6) is 5.75 Å². The van der Waals surface area contributed by atoms with Crippen molar-refractivity contribution in [3.63, 3.8) is 0 Å². The Bertz CT molecular complexity index is 1190. The maximum atomic E-state index is 13.6. The molecule has 0 bridgehead atoms. The summed E-state index contributed by atoms with van der Waals surface area (Å²) in [7, 11) is 0. The number of ether oxygens (including phenoxy) is 1. The predicted molar refractivity (Wildman–Crippen MR) is 149 cm³/mol. The minimum Gasteiger partial charge on any atom is -0.483 e. The smallest absolute Gasteiger partial charge is 0.261 e. The first-order chi connectivity index (χ1) is 17.3. The van der Waals surface area contributed by atoms with Crippen molar-refractivity contribution in [1.29, 1.82) is 0 Å². The van der Waals surface area contributed by atoms with Crippen LogP contribution in [0.1, 0.15) is 24.5 Å². The highest BCUT2D eigenvalue weighted by Crippen LogP contribution is 2.28. The van der Waals surface area contributed by atoms with Crippen molar-refractivity contribution >= 4 is 62.5 Å². The Labute approximate surface area is 234 Å². The minimum absolute atomic E-state index is 0.151. The van der Waals surface area contributed by atoms with Gasteiger partial charge in [-0.2, -0.15) is 0 Å². The highest BCUT2D eigenvalue weighted by Gasteiger charge is 2.30. The van der Waals surface area contributed by atoms with Gasteiger partial charge >= 0.3 is 0 Å². The van der Waals surface area contributed by atoms with Crippen LogP contribution in [0.4, 0.5) is 0 Å². The van der Waals surface area contributed by atoms with Gasteiger partial charge in [0.25, 0.3) is 5.91 Å². The molecule has 0 fully saturated rings. The number of carbonyl (C=O) groups excluding carboxylic acids is 2. The molecule has 2 amide bonds. The number of nitrogens with one attached hydrogen (secondary N) is 1. The van der Waals surface area contributed by atoms with Crippen molar-refractivity contribution in [3.05, 3.63) is 97.4 Å². The second-order valence-electron chi connectivity index (χ2n) is 8.13. The first kappa shape index (κ1) is 28.3. The predicted octanol–water partition coefficient (Wildman–Crippen LogP) is 6.95. The van der Waals surface area contributed by atoms with Crippen LogP contribution in [0.15, 0.2) is 71.2 Å². The molecule has 0 aliphatic heterocycles. The lowest BCUT2D eigenvalue weighted by molar-refractivity contribution is -0.142. The van der Waals surface area contributed by atoms with E-state index in [1.807, 2.05) is 37.3 Å². The van der Waals surface area contributed by atoms with E-state index < -0.39 is 6.04 Å². The summed E-state index contributed by atoms with van der Waals surface area (Å²) in [6.07, 6.45) is 1.12. The van der Waals surface area contributed by atoms with Crippen molar-refractivity contribution in [2.24, 2.45) is 0 Å². The molecule has 0 spiro atoms. The standard InChI is InChI=1S/C27H26BrCl3N2O3/c1-2-12-32-27(35)24(14-18-6-4-3-5-7-18)33(16-19-8-10-22(30)23(31)13-19)26(34)17-36-25-11-9-20(29)15-21(25)28/h3-11,13,15,24H,2,12,14,16-17H2,1H3,(H,32,35). The molecule has 1 N–H and O–H groups in total. The van der Waals surface area contributed by atoms with E-state index >= 15 is 0 Å². The largest absolute Gasteiger partial charge is 0.483 e. The van der Waals surface area contributed by atoms with Crippen LogP contribution >= 0.6 is 50.7 Å². The molecule has 3 rings (SSSR count). The summed E-state index contributed by atoms with van der Waals surface area (Å²) in [6, 6.07) is 19.0. The van der Waals surface area contributed by atoms with Crippen molar-refractivity contribution in [1.82, 2.24) is 10.2 Å². The maximum Gasteiger partial charge on any atom is 0.261 e. The van der Waals surface area contributed by atoms with Gasteiger partial charge in [0.1, 0.15) is 11.8 Å². The van der Waals surface area contributed by atoms with Gasteiger partial charge in [-0.3, -0.25) is 9.59 Å². The third-order valence-electron chi connectivity index (χ3n) is 5.40. The molecule has 3 aromatic carbocycles. The summed E-state index contributed by atoms with van der Waals surface area (Å²) < 4.78 is 6.43. The van der Waals surface area contributed by atoms with Gasteiger partial charge in [-0.1, -0.05) is 78.1 Å². The van der Waals surface area contributed by atoms with Gasteiger partial charge in [0, 0.05) is 24.5 Å². The molecule has 5 nitrogen and oxygen atoms in total. The normalized spacial score (nSPS) is 11.6. The highest BCUT2D eigenvalue weighted by molar-refractivity contribution is 9.10. The Kier molecular flexibility index (Phi) is 10.9. The van der Waals surface area contributed by atoms with Crippen LogP contribution in [0.25, 0.3) is 0 Å². The number of rotatable bonds is 11. The van der Waals surface area contributed by atoms with Crippen molar-refractivity contribution in [2.75, 3.05) is 13.2 Å². The number of nitrogens with zero attached hydrogens (tertiary/aromatic N) is 1. The molecule has 0 aliphatic carbocycles. The Morgan fingerprint density at radius 3 is 2.39 bits per heavy atom. The number of benzene rings is 3. The van der Waals surface area contributed by atoms with Gasteiger partial charge in [0.05, 0.1) is 14.5 Å². The van der Waals surface area contributed by atoms with E-state index in [2.05, 4.69) is 21.2 Å². The lowest BCUT2D eigenvalue weighted by atomic mass is 10.0. The maximum absolute atomic E-state index is 13.6. The van der Waals surface area contributed by atoms with Gasteiger partial charge in [-0.05, 0) is 63.8 Å². The fraction of sp³-hybridized carbons (Fsp3) is 0.259. The molecular weight excluding hydrogens is 587 g/mol. The Morgan fingerprint density at radius 1 is 0.972 bits per heavy atom. The molecule has 0 aliphatic rings. The first-order valence-electron chi connectivity index (χ1n) is 11.4. The first-order valence-corrected chi connectivity index (χ1v) is 13.3. The molecule has 1 atom stereocenters. The van der Waals surface area contributed by atoms with E-state index in [-0.39, 0.29) is 25.0 Å². The van der Waals surface area contributed by atoms with Crippen molar-refractivity contribution in [2.45, 2.75) is 32.4 Å². The molecular formula is C27H26BrCl3N2O3. The number of hydrogen-bond donors (Lipinski definition) is 1. The molecule has 0 heterocycles. The highest BCUT2D eigenvalue weighted by atomic mass is 79.9. The van der Waals surface area contributed by atoms with E-state index in [0.717, 1.165) is 17.5 Å². The molecule has 0 saturated heterocycles. The minimum atomic E-state index is -0.766. The summed E-state index contributed by atoms with van der Waals surface area (Å²) >= 11 is 21.7. The molecule has 1 unspecified atom stereocenters. The average Bonchev–Trinajstić information content (AvgIpc) is 2.86. The van der Waals surface area contributed by atoms with E-state index in [1.165, 1.54) is 4.90 Å². The van der Waals surface area contributed by atoms with Crippen LogP contribution in [-0.2, 0) is 22.6 Å². The fourth-order valence-electron chi connectivity index (χ4n) is 3.57. The van der Waals surface area contributed by atoms with Crippen LogP contribution < -0.4 is 10.1 Å². The van der Waals surface area contributed by atoms with Crippen LogP contribution in [0.3, 0.4) is 0 Å². The molecule has 9 heteroatoms. The van der Waals surface area contributed by atoms with Gasteiger partial charge < -0.3 is 15.0 Å². The van der Waals surface area contributed by atoms with E-state index in [1.54, 1.807) is 36.4 Å². The van der Waals surface area contributed by atoms with Crippen LogP contribution in [0, 0.1) is 0 Å². The van der Waals surface area contributed by atoms with E-state index in [0.29, 0.717) is 38.3 Å². The number of halogens is 4. The Morgan fingerprint density at radius 2 is 1.72 bits per heavy atom. The lowest BCUT2D eigenvalue weighted by Gasteiger charge is -2.31. The summed E-state index contributed by atoms with van der Waals surface area (Å²) in [5.74, 6) is -0.116. The third-order valence-corrected chi connectivity index (χ3v) is 7.00. The molecule has 0 radical (unpaired) electrons. The van der Waals surface area contributed by atoms with Gasteiger partial charge in [0.15, 0.2) is 6.61 Å². The van der Waals surface area contributed by atoms with Crippen molar-refractivity contribution in [3.8, 4) is 5.75 Å². The van der Waals surface area contributed by atoms with Gasteiger partial charge in [-0.15, -0.1) is 0 Å². The molecule has 0 aromatic heterocycles. The third kappa shape index (κ3) is 8.13. The summed E-state index contributed by atoms with van der Waals surface area (Å²) in [4.78, 5) is 28.4. The quantitative estimate of drug-likeness (QED) is 0.255. The summed E-state index contributed by atoms with van der Waals surface area (Å²) in [6.45, 7) is 2.36. The molecule has 190 valence electrons. The second-order valence-corrected chi connectivity index (χ2v) is 10.2. The lowest BCUT2D eigenvalue weighted by Crippen LogP contribution is -2.51. The van der Waals surface area contributed by atoms with Crippen LogP contribution in [-0.4, -0.2) is 35.9 Å². The molecule has 36 heavy (non-hydrogen) atoms. The molecule has 0 saturated carbocycles. The zero-order valence-electron chi connectivity index (χ0n) is 19.6. The average molecular weight is 613 g/mol. The van der Waals surface area contributed by atoms with Gasteiger partial charge in [-0.25, -0.2) is 0 Å². The zero-order chi connectivity index (χ0) is 26.1. The van der Waals surface area contributed by atoms with Crippen molar-refractivity contribution < 1.29 is 14.3 Å². The van der Waals surface area contributed by atoms with Crippen LogP contribution in [0.2, 0.25) is 15.1 Å². The second kappa shape index (κ2) is 13.9. The molecule has 3 aromatic rings. The topological polar surface area (TPSA) is 58.6 Å². The van der Waals surface area contributed by atoms with E-state index in [9.17, 15) is 9.59 Å². The van der Waals surface area contributed by atoms with Gasteiger partial charge in [0.2, 0.25) is 5.91 Å². The number of carbonyl (C=O) groups is 2. The Balaban J connectivity index is 1.92. The van der Waals surface area contributed by atoms with E-state index in [4.69, 9.17) is 39.5 Å². The Hall–Kier alpha value is -2.25. The number of amides is 2.